The summed E-state index contributed by atoms with van der Waals surface area (Å²) >= 11 is 0. The Hall–Kier alpha value is -1.91. The topological polar surface area (TPSA) is 149 Å². The molecule has 1 unspecified atom stereocenters. The first-order chi connectivity index (χ1) is 10.1. The van der Waals surface area contributed by atoms with Crippen LogP contribution < -0.4 is 10.9 Å². The normalized spacial score (nSPS) is 20.1. The first-order valence-electron chi connectivity index (χ1n) is 6.65. The third-order valence-corrected chi connectivity index (χ3v) is 4.54. The third-order valence-electron chi connectivity index (χ3n) is 3.69. The van der Waals surface area contributed by atoms with E-state index in [-0.39, 0.29) is 17.5 Å². The average Bonchev–Trinajstić information content (AvgIpc) is 3.02. The summed E-state index contributed by atoms with van der Waals surface area (Å²) in [5.74, 6) is -1.87. The Kier molecular flexibility index (Phi) is 4.27. The van der Waals surface area contributed by atoms with E-state index in [0.717, 1.165) is 6.20 Å². The van der Waals surface area contributed by atoms with Crippen LogP contribution in [0.1, 0.15) is 35.3 Å². The molecule has 2 heterocycles. The van der Waals surface area contributed by atoms with E-state index in [1.807, 2.05) is 0 Å². The third kappa shape index (κ3) is 2.98. The summed E-state index contributed by atoms with van der Waals surface area (Å²) in [5.41, 5.74) is 5.52. The summed E-state index contributed by atoms with van der Waals surface area (Å²) in [6.45, 7) is 2.33. The Labute approximate surface area is 127 Å². The van der Waals surface area contributed by atoms with Gasteiger partial charge in [0.2, 0.25) is 5.91 Å². The molecule has 1 saturated heterocycles. The maximum absolute atomic E-state index is 11.9. The first kappa shape index (κ1) is 16.5. The molecule has 0 spiro atoms. The van der Waals surface area contributed by atoms with Crippen molar-refractivity contribution in [3.8, 4) is 0 Å². The predicted molar refractivity (Wildman–Crippen MR) is 77.5 cm³/mol. The summed E-state index contributed by atoms with van der Waals surface area (Å²) in [5, 5.41) is 14.3. The van der Waals surface area contributed by atoms with E-state index in [9.17, 15) is 23.1 Å². The van der Waals surface area contributed by atoms with Crippen LogP contribution in [0.5, 0.6) is 0 Å². The molecule has 0 radical (unpaired) electrons. The highest BCUT2D eigenvalue weighted by atomic mass is 32.2. The maximum atomic E-state index is 11.9. The van der Waals surface area contributed by atoms with Gasteiger partial charge in [-0.3, -0.25) is 4.79 Å². The highest BCUT2D eigenvalue weighted by molar-refractivity contribution is 7.87. The molecule has 2 rings (SSSR count). The Balaban J connectivity index is 2.34. The van der Waals surface area contributed by atoms with Crippen molar-refractivity contribution in [1.29, 1.82) is 0 Å². The Morgan fingerprint density at radius 1 is 1.45 bits per heavy atom. The molecular formula is C12H18N4O5S. The lowest BCUT2D eigenvalue weighted by molar-refractivity contribution is -0.131. The van der Waals surface area contributed by atoms with Gasteiger partial charge in [-0.25, -0.2) is 13.9 Å². The van der Waals surface area contributed by atoms with Gasteiger partial charge in [-0.2, -0.15) is 8.42 Å². The van der Waals surface area contributed by atoms with Crippen molar-refractivity contribution in [1.82, 2.24) is 8.87 Å². The number of amides is 1. The summed E-state index contributed by atoms with van der Waals surface area (Å²) in [4.78, 5) is 24.8. The zero-order chi connectivity index (χ0) is 16.7. The molecule has 22 heavy (non-hydrogen) atoms. The minimum atomic E-state index is -4.20. The van der Waals surface area contributed by atoms with Gasteiger partial charge in [0.25, 0.3) is 0 Å². The summed E-state index contributed by atoms with van der Waals surface area (Å²) in [6.07, 6.45) is 1.65. The van der Waals surface area contributed by atoms with E-state index >= 15 is 0 Å². The molecular weight excluding hydrogens is 312 g/mol. The lowest BCUT2D eigenvalue weighted by Gasteiger charge is -2.18. The Bertz CT molecular complexity index is 709. The minimum absolute atomic E-state index is 0.217. The Morgan fingerprint density at radius 2 is 2.09 bits per heavy atom. The highest BCUT2D eigenvalue weighted by Gasteiger charge is 2.33. The lowest BCUT2D eigenvalue weighted by Crippen LogP contribution is -2.40. The standard InChI is InChI=1S/C12H18N4O5S/c1-7(13)11(17)15-4-2-8(6-15)9-3-5-16(22(14,20)21)10(9)12(18)19/h3,5,7-8H,2,4,6,13H2,1H3,(H,18,19)(H2,14,20,21)/t7-,8?/m0/s1. The van der Waals surface area contributed by atoms with Crippen molar-refractivity contribution in [3.63, 3.8) is 0 Å². The van der Waals surface area contributed by atoms with Gasteiger partial charge >= 0.3 is 16.2 Å². The molecule has 1 aliphatic heterocycles. The molecule has 1 aliphatic rings. The number of carboxylic acids is 1. The molecule has 10 heteroatoms. The summed E-state index contributed by atoms with van der Waals surface area (Å²) in [6, 6.07) is 0.782. The molecule has 1 fully saturated rings. The Morgan fingerprint density at radius 3 is 2.59 bits per heavy atom. The van der Waals surface area contributed by atoms with Crippen molar-refractivity contribution in [2.45, 2.75) is 25.3 Å². The van der Waals surface area contributed by atoms with Crippen LogP contribution in [0, 0.1) is 0 Å². The van der Waals surface area contributed by atoms with Crippen LogP contribution in [0.2, 0.25) is 0 Å². The summed E-state index contributed by atoms with van der Waals surface area (Å²) in [7, 11) is -4.20. The number of likely N-dealkylation sites (tertiary alicyclic amines) is 1. The molecule has 1 aromatic rings. The number of nitrogens with zero attached hydrogens (tertiary/aromatic N) is 2. The van der Waals surface area contributed by atoms with E-state index in [1.165, 1.54) is 6.07 Å². The van der Waals surface area contributed by atoms with Gasteiger partial charge in [0.1, 0.15) is 5.69 Å². The minimum Gasteiger partial charge on any atom is -0.477 e. The van der Waals surface area contributed by atoms with Crippen LogP contribution >= 0.6 is 0 Å². The van der Waals surface area contributed by atoms with E-state index in [0.29, 0.717) is 29.0 Å². The molecule has 0 aromatic carbocycles. The molecule has 0 saturated carbocycles. The van der Waals surface area contributed by atoms with Crippen molar-refractivity contribution in [2.24, 2.45) is 10.9 Å². The molecule has 1 amide bonds. The fourth-order valence-corrected chi connectivity index (χ4v) is 3.36. The predicted octanol–water partition coefficient (Wildman–Crippen LogP) is -1.10. The second-order valence-corrected chi connectivity index (χ2v) is 6.75. The van der Waals surface area contributed by atoms with Gasteiger partial charge in [0.05, 0.1) is 6.04 Å². The molecule has 2 atom stereocenters. The smallest absolute Gasteiger partial charge is 0.353 e. The van der Waals surface area contributed by atoms with Gasteiger partial charge < -0.3 is 15.7 Å². The van der Waals surface area contributed by atoms with Crippen LogP contribution in [0.4, 0.5) is 0 Å². The largest absolute Gasteiger partial charge is 0.477 e. The number of carbonyl (C=O) groups excluding carboxylic acids is 1. The average molecular weight is 330 g/mol. The van der Waals surface area contributed by atoms with Crippen LogP contribution in [-0.4, -0.2) is 53.4 Å². The van der Waals surface area contributed by atoms with E-state index < -0.39 is 22.2 Å². The van der Waals surface area contributed by atoms with Crippen molar-refractivity contribution < 1.29 is 23.1 Å². The van der Waals surface area contributed by atoms with Gasteiger partial charge in [-0.1, -0.05) is 0 Å². The molecule has 122 valence electrons. The number of rotatable bonds is 4. The van der Waals surface area contributed by atoms with E-state index in [2.05, 4.69) is 0 Å². The molecule has 5 N–H and O–H groups in total. The van der Waals surface area contributed by atoms with Crippen LogP contribution in [0.25, 0.3) is 0 Å². The van der Waals surface area contributed by atoms with Gasteiger partial charge in [0, 0.05) is 25.2 Å². The fraction of sp³-hybridized carbons (Fsp3) is 0.500. The zero-order valence-electron chi connectivity index (χ0n) is 12.0. The quantitative estimate of drug-likeness (QED) is 0.638. The number of nitrogens with two attached hydrogens (primary N) is 2. The molecule has 1 aromatic heterocycles. The highest BCUT2D eigenvalue weighted by Crippen LogP contribution is 2.31. The van der Waals surface area contributed by atoms with Gasteiger partial charge in [-0.15, -0.1) is 0 Å². The van der Waals surface area contributed by atoms with E-state index in [1.54, 1.807) is 11.8 Å². The SMILES string of the molecule is C[C@H](N)C(=O)N1CCC(c2ccn(S(N)(=O)=O)c2C(=O)O)C1. The first-order valence-corrected chi connectivity index (χ1v) is 8.15. The number of aromatic carboxylic acids is 1. The molecule has 0 aliphatic carbocycles. The molecule has 9 nitrogen and oxygen atoms in total. The van der Waals surface area contributed by atoms with Crippen molar-refractivity contribution >= 4 is 22.1 Å². The molecule has 0 bridgehead atoms. The summed E-state index contributed by atoms with van der Waals surface area (Å²) < 4.78 is 23.4. The number of hydrogen-bond donors (Lipinski definition) is 3. The fourth-order valence-electron chi connectivity index (χ4n) is 2.69. The lowest BCUT2D eigenvalue weighted by atomic mass is 9.98. The van der Waals surface area contributed by atoms with Crippen molar-refractivity contribution in [3.05, 3.63) is 23.5 Å². The number of hydrogen-bond acceptors (Lipinski definition) is 5. The second kappa shape index (κ2) is 5.71. The van der Waals surface area contributed by atoms with E-state index in [4.69, 9.17) is 10.9 Å². The van der Waals surface area contributed by atoms with Crippen LogP contribution in [0.3, 0.4) is 0 Å². The number of carbonyl (C=O) groups is 2. The number of carboxylic acid groups (broad SMARTS) is 1. The van der Waals surface area contributed by atoms with Crippen LogP contribution in [-0.2, 0) is 15.0 Å². The number of aromatic nitrogens is 1. The van der Waals surface area contributed by atoms with Gasteiger partial charge in [0.15, 0.2) is 0 Å². The van der Waals surface area contributed by atoms with Gasteiger partial charge in [-0.05, 0) is 25.0 Å². The monoisotopic (exact) mass is 330 g/mol. The maximum Gasteiger partial charge on any atom is 0.353 e. The zero-order valence-corrected chi connectivity index (χ0v) is 12.8. The van der Waals surface area contributed by atoms with Crippen molar-refractivity contribution in [2.75, 3.05) is 13.1 Å². The van der Waals surface area contributed by atoms with Crippen LogP contribution in [0.15, 0.2) is 12.3 Å². The second-order valence-electron chi connectivity index (χ2n) is 5.32.